The molecule has 0 bridgehead atoms. The molecule has 1 aliphatic carbocycles. The van der Waals surface area contributed by atoms with Crippen LogP contribution in [0.4, 0.5) is 5.69 Å². The van der Waals surface area contributed by atoms with Gasteiger partial charge in [-0.2, -0.15) is 5.26 Å². The zero-order chi connectivity index (χ0) is 27.1. The first-order valence-corrected chi connectivity index (χ1v) is 13.0. The topological polar surface area (TPSA) is 123 Å². The van der Waals surface area contributed by atoms with Crippen LogP contribution in [0.3, 0.4) is 0 Å². The van der Waals surface area contributed by atoms with Gasteiger partial charge in [-0.05, 0) is 35.8 Å². The van der Waals surface area contributed by atoms with Gasteiger partial charge < -0.3 is 20.4 Å². The van der Waals surface area contributed by atoms with Crippen molar-refractivity contribution in [2.75, 3.05) is 18.9 Å². The molecule has 1 spiro atoms. The zero-order valence-electron chi connectivity index (χ0n) is 22.3. The van der Waals surface area contributed by atoms with Crippen LogP contribution in [0, 0.1) is 22.7 Å². The SMILES string of the molecule is CC(=O)N[C@@H](CC1CC1)C(=O)N(C)[C@@H](CC(C)(C)C)C(=O)N1C[C@]2(C[C@H]1C#N)C(=O)Nc1ccccc12. The van der Waals surface area contributed by atoms with E-state index in [1.807, 2.05) is 45.0 Å². The Morgan fingerprint density at radius 1 is 1.27 bits per heavy atom. The van der Waals surface area contributed by atoms with Crippen LogP contribution in [0.15, 0.2) is 24.3 Å². The quantitative estimate of drug-likeness (QED) is 0.587. The molecule has 37 heavy (non-hydrogen) atoms. The number of likely N-dealkylation sites (tertiary alicyclic amines) is 1. The van der Waals surface area contributed by atoms with Crippen molar-refractivity contribution in [1.29, 1.82) is 5.26 Å². The van der Waals surface area contributed by atoms with E-state index in [1.165, 1.54) is 16.7 Å². The Kier molecular flexibility index (Phi) is 7.06. The van der Waals surface area contributed by atoms with Gasteiger partial charge in [0.1, 0.15) is 18.1 Å². The molecular weight excluding hydrogens is 470 g/mol. The summed E-state index contributed by atoms with van der Waals surface area (Å²) in [4.78, 5) is 55.7. The van der Waals surface area contributed by atoms with Gasteiger partial charge >= 0.3 is 0 Å². The van der Waals surface area contributed by atoms with E-state index < -0.39 is 23.5 Å². The summed E-state index contributed by atoms with van der Waals surface area (Å²) in [6.45, 7) is 7.45. The number of likely N-dealkylation sites (N-methyl/N-ethyl adjacent to an activating group) is 1. The standard InChI is InChI=1S/C28H37N5O4/c1-17(34)30-22(12-18-10-11-18)24(35)32(5)23(14-27(2,3)4)25(36)33-16-28(13-19(33)15-29)20-8-6-7-9-21(20)31-26(28)37/h6-9,18-19,22-23H,10-14,16H2,1-5H3,(H,30,34)(H,31,37)/t19-,22-,23-,28-/m0/s1. The minimum atomic E-state index is -0.994. The number of hydrogen-bond donors (Lipinski definition) is 2. The Bertz CT molecular complexity index is 1150. The summed E-state index contributed by atoms with van der Waals surface area (Å²) in [6, 6.07) is 7.28. The third-order valence-electron chi connectivity index (χ3n) is 7.76. The van der Waals surface area contributed by atoms with Crippen molar-refractivity contribution in [3.05, 3.63) is 29.8 Å². The summed E-state index contributed by atoms with van der Waals surface area (Å²) in [5.41, 5.74) is 0.204. The van der Waals surface area contributed by atoms with Crippen LogP contribution in [-0.4, -0.2) is 65.1 Å². The summed E-state index contributed by atoms with van der Waals surface area (Å²) in [5, 5.41) is 15.7. The van der Waals surface area contributed by atoms with Crippen LogP contribution in [-0.2, 0) is 24.6 Å². The Morgan fingerprint density at radius 2 is 1.95 bits per heavy atom. The first kappa shape index (κ1) is 26.6. The second-order valence-corrected chi connectivity index (χ2v) is 12.1. The van der Waals surface area contributed by atoms with Gasteiger partial charge in [0.25, 0.3) is 0 Å². The number of nitrogens with one attached hydrogen (secondary N) is 2. The molecule has 9 heteroatoms. The van der Waals surface area contributed by atoms with E-state index in [4.69, 9.17) is 0 Å². The van der Waals surface area contributed by atoms with Crippen molar-refractivity contribution in [1.82, 2.24) is 15.1 Å². The van der Waals surface area contributed by atoms with Crippen molar-refractivity contribution < 1.29 is 19.2 Å². The molecule has 2 fully saturated rings. The predicted octanol–water partition coefficient (Wildman–Crippen LogP) is 2.57. The molecule has 1 saturated carbocycles. The van der Waals surface area contributed by atoms with E-state index >= 15 is 0 Å². The minimum absolute atomic E-state index is 0.0762. The molecule has 4 amide bonds. The van der Waals surface area contributed by atoms with Gasteiger partial charge in [-0.25, -0.2) is 0 Å². The van der Waals surface area contributed by atoms with Gasteiger partial charge in [0.15, 0.2) is 0 Å². The number of para-hydroxylation sites is 1. The average Bonchev–Trinajstić information content (AvgIpc) is 3.49. The summed E-state index contributed by atoms with van der Waals surface area (Å²) in [5.74, 6) is -0.761. The highest BCUT2D eigenvalue weighted by atomic mass is 16.2. The maximum Gasteiger partial charge on any atom is 0.246 e. The molecule has 4 rings (SSSR count). The summed E-state index contributed by atoms with van der Waals surface area (Å²) in [6.07, 6.45) is 3.17. The van der Waals surface area contributed by atoms with E-state index in [0.717, 1.165) is 18.4 Å². The maximum absolute atomic E-state index is 14.1. The highest BCUT2D eigenvalue weighted by Crippen LogP contribution is 2.46. The van der Waals surface area contributed by atoms with Crippen LogP contribution < -0.4 is 10.6 Å². The average molecular weight is 508 g/mol. The lowest BCUT2D eigenvalue weighted by atomic mass is 9.80. The number of carbonyl (C=O) groups is 4. The van der Waals surface area contributed by atoms with E-state index in [0.29, 0.717) is 24.4 Å². The van der Waals surface area contributed by atoms with Gasteiger partial charge in [-0.1, -0.05) is 51.8 Å². The molecule has 1 aromatic carbocycles. The van der Waals surface area contributed by atoms with Crippen molar-refractivity contribution >= 4 is 29.3 Å². The van der Waals surface area contributed by atoms with Gasteiger partial charge in [-0.15, -0.1) is 0 Å². The zero-order valence-corrected chi connectivity index (χ0v) is 22.3. The summed E-state index contributed by atoms with van der Waals surface area (Å²) >= 11 is 0. The molecule has 198 valence electrons. The fourth-order valence-electron chi connectivity index (χ4n) is 5.70. The first-order valence-electron chi connectivity index (χ1n) is 13.0. The Morgan fingerprint density at radius 3 is 2.54 bits per heavy atom. The molecule has 2 aliphatic heterocycles. The highest BCUT2D eigenvalue weighted by molar-refractivity contribution is 6.07. The number of carbonyl (C=O) groups excluding carboxylic acids is 4. The van der Waals surface area contributed by atoms with Gasteiger partial charge in [0.05, 0.1) is 11.5 Å². The third-order valence-corrected chi connectivity index (χ3v) is 7.76. The van der Waals surface area contributed by atoms with E-state index in [-0.39, 0.29) is 42.0 Å². The molecule has 2 N–H and O–H groups in total. The smallest absolute Gasteiger partial charge is 0.246 e. The monoisotopic (exact) mass is 507 g/mol. The van der Waals surface area contributed by atoms with E-state index in [9.17, 15) is 24.4 Å². The molecule has 3 aliphatic rings. The second kappa shape index (κ2) is 9.81. The summed E-state index contributed by atoms with van der Waals surface area (Å²) in [7, 11) is 1.60. The number of anilines is 1. The number of rotatable bonds is 7. The van der Waals surface area contributed by atoms with Crippen LogP contribution in [0.25, 0.3) is 0 Å². The molecule has 2 heterocycles. The number of benzene rings is 1. The van der Waals surface area contributed by atoms with Crippen molar-refractivity contribution in [3.8, 4) is 6.07 Å². The van der Waals surface area contributed by atoms with Crippen LogP contribution in [0.1, 0.15) is 65.4 Å². The van der Waals surface area contributed by atoms with Gasteiger partial charge in [0.2, 0.25) is 23.6 Å². The van der Waals surface area contributed by atoms with Gasteiger partial charge in [0, 0.05) is 32.6 Å². The third kappa shape index (κ3) is 5.34. The lowest BCUT2D eigenvalue weighted by Gasteiger charge is -2.37. The fourth-order valence-corrected chi connectivity index (χ4v) is 5.70. The fraction of sp³-hybridized carbons (Fsp3) is 0.607. The Labute approximate surface area is 218 Å². The van der Waals surface area contributed by atoms with E-state index in [2.05, 4.69) is 16.7 Å². The normalized spacial score (nSPS) is 24.2. The van der Waals surface area contributed by atoms with Crippen LogP contribution in [0.5, 0.6) is 0 Å². The first-order chi connectivity index (χ1) is 17.4. The lowest BCUT2D eigenvalue weighted by molar-refractivity contribution is -0.147. The number of amides is 4. The minimum Gasteiger partial charge on any atom is -0.345 e. The molecule has 0 aromatic heterocycles. The summed E-state index contributed by atoms with van der Waals surface area (Å²) < 4.78 is 0. The van der Waals surface area contributed by atoms with Crippen molar-refractivity contribution in [3.63, 3.8) is 0 Å². The number of nitrogens with zero attached hydrogens (tertiary/aromatic N) is 3. The molecule has 1 aromatic rings. The van der Waals surface area contributed by atoms with Crippen LogP contribution in [0.2, 0.25) is 0 Å². The number of nitriles is 1. The van der Waals surface area contributed by atoms with Crippen LogP contribution >= 0.6 is 0 Å². The molecule has 1 saturated heterocycles. The molecular formula is C28H37N5O4. The van der Waals surface area contributed by atoms with Crippen molar-refractivity contribution in [2.24, 2.45) is 11.3 Å². The number of fused-ring (bicyclic) bond motifs is 2. The van der Waals surface area contributed by atoms with Gasteiger partial charge in [-0.3, -0.25) is 19.2 Å². The highest BCUT2D eigenvalue weighted by Gasteiger charge is 2.57. The molecule has 0 radical (unpaired) electrons. The van der Waals surface area contributed by atoms with E-state index in [1.54, 1.807) is 7.05 Å². The molecule has 0 unspecified atom stereocenters. The van der Waals surface area contributed by atoms with Crippen molar-refractivity contribution in [2.45, 2.75) is 83.3 Å². The Balaban J connectivity index is 1.63. The Hall–Kier alpha value is -3.41. The largest absolute Gasteiger partial charge is 0.345 e. The predicted molar refractivity (Wildman–Crippen MR) is 138 cm³/mol. The number of hydrogen-bond acceptors (Lipinski definition) is 5. The second-order valence-electron chi connectivity index (χ2n) is 12.1. The lowest BCUT2D eigenvalue weighted by Crippen LogP contribution is -2.56. The molecule has 4 atom stereocenters. The maximum atomic E-state index is 14.1. The molecule has 9 nitrogen and oxygen atoms in total.